The van der Waals surface area contributed by atoms with Gasteiger partial charge in [-0.25, -0.2) is 0 Å². The molecule has 1 radical (unpaired) electrons. The summed E-state index contributed by atoms with van der Waals surface area (Å²) in [5.41, 5.74) is 1.96. The molecule has 10 heteroatoms. The summed E-state index contributed by atoms with van der Waals surface area (Å²) in [6, 6.07) is 15.2. The zero-order chi connectivity index (χ0) is 20.4. The number of para-hydroxylation sites is 1. The van der Waals surface area contributed by atoms with E-state index in [1.54, 1.807) is 7.11 Å². The third-order valence-corrected chi connectivity index (χ3v) is 4.28. The number of carbonyl (C=O) groups is 1. The van der Waals surface area contributed by atoms with Crippen LogP contribution in [-0.2, 0) is 0 Å². The van der Waals surface area contributed by atoms with Gasteiger partial charge < -0.3 is 14.0 Å². The molecule has 0 spiro atoms. The molecule has 0 aliphatic heterocycles. The van der Waals surface area contributed by atoms with E-state index in [-0.39, 0.29) is 41.6 Å². The monoisotopic (exact) mass is 415 g/mol. The maximum atomic E-state index is 13.3. The summed E-state index contributed by atoms with van der Waals surface area (Å²) in [6.45, 7) is 3.82. The van der Waals surface area contributed by atoms with Crippen molar-refractivity contribution >= 4 is 52.3 Å². The number of aromatic amines is 1. The Morgan fingerprint density at radius 2 is 1.93 bits per heavy atom. The number of hydrogen-bond acceptors (Lipinski definition) is 6. The first kappa shape index (κ1) is 21.8. The second-order valence-electron chi connectivity index (χ2n) is 6.59. The number of aromatic nitrogens is 5. The van der Waals surface area contributed by atoms with E-state index in [1.165, 1.54) is 0 Å². The molecule has 2 N–H and O–H groups in total. The molecule has 4 aromatic rings. The molecule has 0 atom stereocenters. The van der Waals surface area contributed by atoms with Crippen molar-refractivity contribution in [1.29, 1.82) is 0 Å². The Hall–Kier alpha value is -2.88. The van der Waals surface area contributed by atoms with Crippen LogP contribution in [0.3, 0.4) is 0 Å². The number of tetrazole rings is 1. The minimum absolute atomic E-state index is 0. The minimum Gasteiger partial charge on any atom is -0.497 e. The number of benzene rings is 2. The molecule has 2 heterocycles. The standard InChI is InChI=1S/C20H20N6O3.Na/c1-12(2)29-18-15-11-14(28-3)9-10-16(15)26(13-7-5-4-6-8-13)17(18)19(27)21-20-22-24-25-23-20;/h4-12H,1-3H3,(H2,21,22,23,24,25,27);. The van der Waals surface area contributed by atoms with Crippen LogP contribution >= 0.6 is 0 Å². The van der Waals surface area contributed by atoms with Gasteiger partial charge in [0.25, 0.3) is 11.9 Å². The quantitative estimate of drug-likeness (QED) is 0.469. The van der Waals surface area contributed by atoms with E-state index in [0.717, 1.165) is 16.6 Å². The van der Waals surface area contributed by atoms with Crippen molar-refractivity contribution in [2.45, 2.75) is 20.0 Å². The first-order chi connectivity index (χ1) is 14.1. The molecule has 0 fully saturated rings. The van der Waals surface area contributed by atoms with Crippen LogP contribution in [0.1, 0.15) is 24.3 Å². The van der Waals surface area contributed by atoms with Gasteiger partial charge in [-0.3, -0.25) is 10.1 Å². The number of H-pyrrole nitrogens is 1. The molecule has 0 aliphatic rings. The number of amides is 1. The van der Waals surface area contributed by atoms with E-state index >= 15 is 0 Å². The summed E-state index contributed by atoms with van der Waals surface area (Å²) >= 11 is 0. The summed E-state index contributed by atoms with van der Waals surface area (Å²) in [5.74, 6) is 0.786. The topological polar surface area (TPSA) is 107 Å². The minimum atomic E-state index is -0.416. The summed E-state index contributed by atoms with van der Waals surface area (Å²) in [4.78, 5) is 13.3. The molecule has 0 aliphatic carbocycles. The van der Waals surface area contributed by atoms with Crippen LogP contribution in [0.4, 0.5) is 5.95 Å². The van der Waals surface area contributed by atoms with Gasteiger partial charge in [-0.2, -0.15) is 5.21 Å². The van der Waals surface area contributed by atoms with Gasteiger partial charge in [-0.05, 0) is 49.4 Å². The normalized spacial score (nSPS) is 10.7. The molecule has 2 aromatic heterocycles. The summed E-state index contributed by atoms with van der Waals surface area (Å²) in [5, 5.41) is 16.8. The Morgan fingerprint density at radius 3 is 2.57 bits per heavy atom. The van der Waals surface area contributed by atoms with Gasteiger partial charge in [-0.1, -0.05) is 23.3 Å². The Morgan fingerprint density at radius 1 is 1.17 bits per heavy atom. The summed E-state index contributed by atoms with van der Waals surface area (Å²) in [6.07, 6.45) is -0.146. The number of hydrogen-bond donors (Lipinski definition) is 2. The van der Waals surface area contributed by atoms with Crippen LogP contribution < -0.4 is 14.8 Å². The average molecular weight is 415 g/mol. The number of rotatable bonds is 6. The number of nitrogens with one attached hydrogen (secondary N) is 2. The summed E-state index contributed by atoms with van der Waals surface area (Å²) < 4.78 is 13.3. The maximum Gasteiger partial charge on any atom is 0.279 e. The van der Waals surface area contributed by atoms with E-state index in [9.17, 15) is 4.79 Å². The smallest absolute Gasteiger partial charge is 0.279 e. The molecule has 0 bridgehead atoms. The van der Waals surface area contributed by atoms with Crippen LogP contribution in [0.25, 0.3) is 16.6 Å². The van der Waals surface area contributed by atoms with E-state index < -0.39 is 5.91 Å². The first-order valence-electron chi connectivity index (χ1n) is 9.07. The number of ether oxygens (including phenoxy) is 2. The average Bonchev–Trinajstić information content (AvgIpc) is 3.34. The number of nitrogens with zero attached hydrogens (tertiary/aromatic N) is 4. The molecule has 0 unspecified atom stereocenters. The molecule has 0 saturated carbocycles. The van der Waals surface area contributed by atoms with Crippen molar-refractivity contribution in [3.8, 4) is 17.2 Å². The van der Waals surface area contributed by atoms with Crippen molar-refractivity contribution in [2.24, 2.45) is 0 Å². The van der Waals surface area contributed by atoms with Gasteiger partial charge in [0.15, 0.2) is 11.4 Å². The molecule has 30 heavy (non-hydrogen) atoms. The van der Waals surface area contributed by atoms with Crippen LogP contribution in [0.2, 0.25) is 0 Å². The Balaban J connectivity index is 0.00000256. The van der Waals surface area contributed by atoms with Gasteiger partial charge in [0.1, 0.15) is 5.75 Å². The zero-order valence-electron chi connectivity index (χ0n) is 17.2. The Bertz CT molecular complexity index is 1140. The third-order valence-electron chi connectivity index (χ3n) is 4.28. The molecule has 1 amide bonds. The van der Waals surface area contributed by atoms with Crippen LogP contribution in [0.15, 0.2) is 48.5 Å². The van der Waals surface area contributed by atoms with Crippen molar-refractivity contribution < 1.29 is 14.3 Å². The Kier molecular flexibility index (Phi) is 6.76. The molecule has 9 nitrogen and oxygen atoms in total. The fraction of sp³-hybridized carbons (Fsp3) is 0.200. The molecular formula is C20H20N6NaO3. The van der Waals surface area contributed by atoms with Gasteiger partial charge >= 0.3 is 0 Å². The van der Waals surface area contributed by atoms with Gasteiger partial charge in [0.2, 0.25) is 0 Å². The van der Waals surface area contributed by atoms with E-state index in [2.05, 4.69) is 25.9 Å². The van der Waals surface area contributed by atoms with Gasteiger partial charge in [-0.15, -0.1) is 5.10 Å². The van der Waals surface area contributed by atoms with Gasteiger partial charge in [0.05, 0.1) is 18.7 Å². The SMILES string of the molecule is COc1ccc2c(c1)c(OC(C)C)c(C(=O)Nc1nn[nH]n1)n2-c1ccccc1.[Na]. The maximum absolute atomic E-state index is 13.3. The molecule has 4 rings (SSSR count). The molecule has 0 saturated heterocycles. The van der Waals surface area contributed by atoms with Crippen LogP contribution in [-0.4, -0.2) is 73.9 Å². The van der Waals surface area contributed by atoms with Crippen LogP contribution in [0.5, 0.6) is 11.5 Å². The zero-order valence-corrected chi connectivity index (χ0v) is 19.2. The fourth-order valence-corrected chi connectivity index (χ4v) is 3.15. The second-order valence-corrected chi connectivity index (χ2v) is 6.59. The van der Waals surface area contributed by atoms with Gasteiger partial charge in [0, 0.05) is 40.6 Å². The molecule has 149 valence electrons. The first-order valence-corrected chi connectivity index (χ1v) is 9.07. The number of fused-ring (bicyclic) bond motifs is 1. The number of methoxy groups -OCH3 is 1. The predicted octanol–water partition coefficient (Wildman–Crippen LogP) is 2.81. The van der Waals surface area contributed by atoms with E-state index in [1.807, 2.05) is 66.9 Å². The van der Waals surface area contributed by atoms with Crippen LogP contribution in [0, 0.1) is 0 Å². The number of carbonyl (C=O) groups excluding carboxylic acids is 1. The predicted molar refractivity (Wildman–Crippen MR) is 113 cm³/mol. The van der Waals surface area contributed by atoms with E-state index in [4.69, 9.17) is 9.47 Å². The largest absolute Gasteiger partial charge is 0.497 e. The molecule has 2 aromatic carbocycles. The van der Waals surface area contributed by atoms with Crippen molar-refractivity contribution in [1.82, 2.24) is 25.2 Å². The number of anilines is 1. The fourth-order valence-electron chi connectivity index (χ4n) is 3.15. The Labute approximate surface area is 195 Å². The summed E-state index contributed by atoms with van der Waals surface area (Å²) in [7, 11) is 1.60. The second kappa shape index (κ2) is 9.29. The van der Waals surface area contributed by atoms with Crippen molar-refractivity contribution in [3.05, 3.63) is 54.2 Å². The third kappa shape index (κ3) is 4.18. The van der Waals surface area contributed by atoms with Crippen molar-refractivity contribution in [3.63, 3.8) is 0 Å². The molecular weight excluding hydrogens is 395 g/mol. The van der Waals surface area contributed by atoms with E-state index in [0.29, 0.717) is 17.2 Å². The van der Waals surface area contributed by atoms with Crippen molar-refractivity contribution in [2.75, 3.05) is 12.4 Å².